The molecule has 24 heavy (non-hydrogen) atoms. The number of aryl methyl sites for hydroxylation is 1. The zero-order valence-corrected chi connectivity index (χ0v) is 15.0. The molecule has 0 unspecified atom stereocenters. The van der Waals surface area contributed by atoms with E-state index in [4.69, 9.17) is 23.8 Å². The average molecular weight is 363 g/mol. The Bertz CT molecular complexity index is 734. The minimum absolute atomic E-state index is 0.134. The van der Waals surface area contributed by atoms with E-state index in [-0.39, 0.29) is 17.6 Å². The lowest BCUT2D eigenvalue weighted by atomic mass is 10.2. The van der Waals surface area contributed by atoms with Gasteiger partial charge >= 0.3 is 0 Å². The molecule has 0 heterocycles. The van der Waals surface area contributed by atoms with Crippen LogP contribution in [0.2, 0.25) is 5.02 Å². The van der Waals surface area contributed by atoms with Crippen molar-refractivity contribution < 1.29 is 4.79 Å². The van der Waals surface area contributed by atoms with Crippen LogP contribution >= 0.6 is 23.8 Å². The molecule has 0 fully saturated rings. The molecule has 0 radical (unpaired) electrons. The topological polar surface area (TPSA) is 65.2 Å². The largest absolute Gasteiger partial charge is 0.376 e. The molecule has 1 amide bonds. The molecule has 0 aliphatic carbocycles. The van der Waals surface area contributed by atoms with Crippen molar-refractivity contribution in [1.29, 1.82) is 0 Å². The van der Waals surface area contributed by atoms with Crippen LogP contribution in [0.4, 0.5) is 11.4 Å². The predicted octanol–water partition coefficient (Wildman–Crippen LogP) is 3.39. The highest BCUT2D eigenvalue weighted by atomic mass is 35.5. The summed E-state index contributed by atoms with van der Waals surface area (Å²) in [5, 5.41) is 6.94. The first-order valence-corrected chi connectivity index (χ1v) is 8.16. The van der Waals surface area contributed by atoms with Gasteiger partial charge in [0.1, 0.15) is 0 Å². The Balaban J connectivity index is 1.75. The van der Waals surface area contributed by atoms with Crippen molar-refractivity contribution in [3.63, 3.8) is 0 Å². The number of thiocarbonyl (C=S) groups is 1. The van der Waals surface area contributed by atoms with Gasteiger partial charge in [0.05, 0.1) is 6.54 Å². The summed E-state index contributed by atoms with van der Waals surface area (Å²) in [6.45, 7) is 4.03. The summed E-state index contributed by atoms with van der Waals surface area (Å²) in [6.07, 6.45) is 0. The molecule has 0 atom stereocenters. The van der Waals surface area contributed by atoms with Gasteiger partial charge in [0.2, 0.25) is 0 Å². The molecular formula is C17H19ClN4OS. The molecule has 0 saturated carbocycles. The third kappa shape index (κ3) is 5.40. The molecule has 2 rings (SSSR count). The van der Waals surface area contributed by atoms with E-state index in [2.05, 4.69) is 21.5 Å². The highest BCUT2D eigenvalue weighted by Crippen LogP contribution is 2.22. The van der Waals surface area contributed by atoms with E-state index in [1.54, 1.807) is 6.07 Å². The number of hydrogen-bond acceptors (Lipinski definition) is 3. The highest BCUT2D eigenvalue weighted by molar-refractivity contribution is 7.80. The molecule has 7 heteroatoms. The number of benzene rings is 2. The van der Waals surface area contributed by atoms with Crippen molar-refractivity contribution in [2.75, 3.05) is 17.2 Å². The minimum atomic E-state index is -0.234. The van der Waals surface area contributed by atoms with Crippen LogP contribution in [0.15, 0.2) is 42.5 Å². The molecule has 126 valence electrons. The van der Waals surface area contributed by atoms with Crippen LogP contribution in [0.5, 0.6) is 0 Å². The molecule has 5 nitrogen and oxygen atoms in total. The van der Waals surface area contributed by atoms with E-state index >= 15 is 0 Å². The molecule has 0 spiro atoms. The van der Waals surface area contributed by atoms with Crippen LogP contribution in [0.25, 0.3) is 0 Å². The summed E-state index contributed by atoms with van der Waals surface area (Å²) in [5.74, 6) is -0.234. The van der Waals surface area contributed by atoms with E-state index in [9.17, 15) is 4.79 Å². The number of carbonyl (C=O) groups excluding carboxylic acids is 1. The monoisotopic (exact) mass is 362 g/mol. The van der Waals surface area contributed by atoms with Gasteiger partial charge in [-0.05, 0) is 55.9 Å². The Morgan fingerprint density at radius 3 is 2.50 bits per heavy atom. The summed E-state index contributed by atoms with van der Waals surface area (Å²) in [5.41, 5.74) is 8.91. The van der Waals surface area contributed by atoms with Gasteiger partial charge in [-0.1, -0.05) is 35.4 Å². The third-order valence-corrected chi connectivity index (χ3v) is 3.95. The number of nitrogens with one attached hydrogen (secondary N) is 4. The van der Waals surface area contributed by atoms with Crippen LogP contribution in [0, 0.1) is 13.8 Å². The number of halogens is 1. The Labute approximate surface area is 151 Å². The molecule has 4 N–H and O–H groups in total. The molecular weight excluding hydrogens is 344 g/mol. The lowest BCUT2D eigenvalue weighted by molar-refractivity contribution is -0.119. The van der Waals surface area contributed by atoms with Gasteiger partial charge in [0, 0.05) is 16.4 Å². The molecule has 0 aliphatic rings. The van der Waals surface area contributed by atoms with Gasteiger partial charge in [-0.2, -0.15) is 0 Å². The van der Waals surface area contributed by atoms with Crippen molar-refractivity contribution >= 4 is 46.2 Å². The molecule has 0 aliphatic heterocycles. The number of amides is 1. The van der Waals surface area contributed by atoms with Crippen LogP contribution in [0.3, 0.4) is 0 Å². The third-order valence-electron chi connectivity index (χ3n) is 3.34. The van der Waals surface area contributed by atoms with Crippen LogP contribution in [-0.2, 0) is 4.79 Å². The molecule has 0 saturated heterocycles. The SMILES string of the molecule is Cc1ccc(NCC(=O)NNC(=S)Nc2cccc(Cl)c2C)cc1. The maximum Gasteiger partial charge on any atom is 0.257 e. The maximum absolute atomic E-state index is 11.8. The van der Waals surface area contributed by atoms with Gasteiger partial charge in [0.25, 0.3) is 5.91 Å². The van der Waals surface area contributed by atoms with E-state index in [0.717, 1.165) is 16.9 Å². The Hall–Kier alpha value is -2.31. The van der Waals surface area contributed by atoms with Gasteiger partial charge in [0.15, 0.2) is 5.11 Å². The second-order valence-electron chi connectivity index (χ2n) is 5.26. The standard InChI is InChI=1S/C17H19ClN4OS/c1-11-6-8-13(9-7-11)19-10-16(23)21-22-17(24)20-15-5-3-4-14(18)12(15)2/h3-9,19H,10H2,1-2H3,(H,21,23)(H2,20,22,24). The quantitative estimate of drug-likeness (QED) is 0.496. The van der Waals surface area contributed by atoms with Crippen molar-refractivity contribution in [2.45, 2.75) is 13.8 Å². The number of rotatable bonds is 4. The molecule has 0 aromatic heterocycles. The van der Waals surface area contributed by atoms with Crippen LogP contribution < -0.4 is 21.5 Å². The zero-order valence-electron chi connectivity index (χ0n) is 13.4. The number of anilines is 2. The smallest absolute Gasteiger partial charge is 0.257 e. The minimum Gasteiger partial charge on any atom is -0.376 e. The van der Waals surface area contributed by atoms with Gasteiger partial charge < -0.3 is 10.6 Å². The molecule has 0 bridgehead atoms. The van der Waals surface area contributed by atoms with Gasteiger partial charge in [-0.15, -0.1) is 0 Å². The summed E-state index contributed by atoms with van der Waals surface area (Å²) in [4.78, 5) is 11.8. The normalized spacial score (nSPS) is 9.96. The lowest BCUT2D eigenvalue weighted by Crippen LogP contribution is -2.45. The summed E-state index contributed by atoms with van der Waals surface area (Å²) in [7, 11) is 0. The maximum atomic E-state index is 11.8. The Kier molecular flexibility index (Phi) is 6.40. The predicted molar refractivity (Wildman–Crippen MR) is 103 cm³/mol. The highest BCUT2D eigenvalue weighted by Gasteiger charge is 2.05. The van der Waals surface area contributed by atoms with Gasteiger partial charge in [-0.25, -0.2) is 0 Å². The molecule has 2 aromatic rings. The lowest BCUT2D eigenvalue weighted by Gasteiger charge is -2.14. The molecule has 2 aromatic carbocycles. The zero-order chi connectivity index (χ0) is 17.5. The Morgan fingerprint density at radius 2 is 1.79 bits per heavy atom. The first kappa shape index (κ1) is 18.0. The van der Waals surface area contributed by atoms with Crippen LogP contribution in [0.1, 0.15) is 11.1 Å². The number of hydrazine groups is 1. The number of hydrogen-bond donors (Lipinski definition) is 4. The van der Waals surface area contributed by atoms with Gasteiger partial charge in [-0.3, -0.25) is 15.6 Å². The van der Waals surface area contributed by atoms with E-state index in [1.807, 2.05) is 50.2 Å². The first-order valence-electron chi connectivity index (χ1n) is 7.37. The average Bonchev–Trinajstić information content (AvgIpc) is 2.56. The van der Waals surface area contributed by atoms with E-state index < -0.39 is 0 Å². The van der Waals surface area contributed by atoms with Crippen molar-refractivity contribution in [2.24, 2.45) is 0 Å². The van der Waals surface area contributed by atoms with Crippen molar-refractivity contribution in [3.8, 4) is 0 Å². The van der Waals surface area contributed by atoms with Crippen molar-refractivity contribution in [1.82, 2.24) is 10.9 Å². The van der Waals surface area contributed by atoms with E-state index in [0.29, 0.717) is 5.02 Å². The summed E-state index contributed by atoms with van der Waals surface area (Å²) >= 11 is 11.2. The fraction of sp³-hybridized carbons (Fsp3) is 0.176. The fourth-order valence-corrected chi connectivity index (χ4v) is 2.26. The van der Waals surface area contributed by atoms with Crippen molar-refractivity contribution in [3.05, 3.63) is 58.6 Å². The fourth-order valence-electron chi connectivity index (χ4n) is 1.92. The number of carbonyl (C=O) groups is 1. The summed E-state index contributed by atoms with van der Waals surface area (Å²) in [6, 6.07) is 13.3. The Morgan fingerprint density at radius 1 is 1.08 bits per heavy atom. The second kappa shape index (κ2) is 8.52. The second-order valence-corrected chi connectivity index (χ2v) is 6.07. The summed E-state index contributed by atoms with van der Waals surface area (Å²) < 4.78 is 0. The van der Waals surface area contributed by atoms with Crippen LogP contribution in [-0.4, -0.2) is 17.6 Å². The van der Waals surface area contributed by atoms with E-state index in [1.165, 1.54) is 5.56 Å². The first-order chi connectivity index (χ1) is 11.5.